The van der Waals surface area contributed by atoms with Gasteiger partial charge in [-0.2, -0.15) is 0 Å². The van der Waals surface area contributed by atoms with Crippen LogP contribution in [0.2, 0.25) is 0 Å². The van der Waals surface area contributed by atoms with E-state index in [2.05, 4.69) is 65.1 Å². The molecule has 43 heavy (non-hydrogen) atoms. The number of ketones is 1. The van der Waals surface area contributed by atoms with Gasteiger partial charge in [0.05, 0.1) is 12.2 Å². The molecule has 0 aromatic heterocycles. The number of esters is 2. The number of rotatable bonds is 3. The van der Waals surface area contributed by atoms with E-state index in [-0.39, 0.29) is 12.0 Å². The van der Waals surface area contributed by atoms with E-state index < -0.39 is 76.3 Å². The Morgan fingerprint density at radius 3 is 2.16 bits per heavy atom. The van der Waals surface area contributed by atoms with Gasteiger partial charge in [-0.15, -0.1) is 6.42 Å². The molecule has 3 N–H and O–H groups in total. The van der Waals surface area contributed by atoms with Crippen LogP contribution < -0.4 is 0 Å². The van der Waals surface area contributed by atoms with Crippen LogP contribution in [0, 0.1) is 101 Å². The Balaban J connectivity index is 1.74. The van der Waals surface area contributed by atoms with Gasteiger partial charge in [-0.25, -0.2) is 4.79 Å². The monoisotopic (exact) mass is 578 g/mol. The number of carbonyl (C=O) groups excluding carboxylic acids is 3. The zero-order valence-electron chi connectivity index (χ0n) is 24.4. The first kappa shape index (κ1) is 31.3. The van der Waals surface area contributed by atoms with Crippen molar-refractivity contribution in [3.63, 3.8) is 0 Å². The Bertz CT molecular complexity index is 1710. The van der Waals surface area contributed by atoms with Crippen molar-refractivity contribution < 1.29 is 39.2 Å². The predicted molar refractivity (Wildman–Crippen MR) is 154 cm³/mol. The van der Waals surface area contributed by atoms with Gasteiger partial charge in [0.15, 0.2) is 11.4 Å². The minimum atomic E-state index is -2.01. The molecule has 4 aliphatic rings. The molecule has 4 aliphatic carbocycles. The molecule has 8 atom stereocenters. The molecule has 2 saturated carbocycles. The third-order valence-corrected chi connectivity index (χ3v) is 9.24. The zero-order chi connectivity index (χ0) is 31.8. The minimum Gasteiger partial charge on any atom is -0.454 e. The Morgan fingerprint density at radius 1 is 1.02 bits per heavy atom. The fourth-order valence-electron chi connectivity index (χ4n) is 7.54. The smallest absolute Gasteiger partial charge is 0.385 e. The second-order valence-electron chi connectivity index (χ2n) is 11.7. The van der Waals surface area contributed by atoms with E-state index in [4.69, 9.17) is 15.9 Å². The van der Waals surface area contributed by atoms with Crippen molar-refractivity contribution in [1.29, 1.82) is 0 Å². The quantitative estimate of drug-likeness (QED) is 0.193. The summed E-state index contributed by atoms with van der Waals surface area (Å²) < 4.78 is 11.8. The molecule has 0 unspecified atom stereocenters. The summed E-state index contributed by atoms with van der Waals surface area (Å²) in [5.41, 5.74) is -5.36. The van der Waals surface area contributed by atoms with E-state index in [0.29, 0.717) is 5.57 Å². The van der Waals surface area contributed by atoms with E-state index in [9.17, 15) is 29.7 Å². The van der Waals surface area contributed by atoms with Crippen LogP contribution in [0.1, 0.15) is 41.0 Å². The van der Waals surface area contributed by atoms with Crippen LogP contribution in [-0.4, -0.2) is 62.6 Å². The number of carbonyl (C=O) groups is 3. The first-order valence-corrected chi connectivity index (χ1v) is 13.6. The van der Waals surface area contributed by atoms with Gasteiger partial charge in [-0.05, 0) is 77.3 Å². The maximum absolute atomic E-state index is 13.2. The average molecular weight is 579 g/mol. The van der Waals surface area contributed by atoms with Gasteiger partial charge in [0.2, 0.25) is 0 Å². The van der Waals surface area contributed by atoms with E-state index in [1.165, 1.54) is 6.92 Å². The highest BCUT2D eigenvalue weighted by atomic mass is 16.6. The summed E-state index contributed by atoms with van der Waals surface area (Å²) in [5.74, 6) is 20.4. The maximum atomic E-state index is 13.2. The highest BCUT2D eigenvalue weighted by Gasteiger charge is 2.87. The Hall–Kier alpha value is -4.67. The Labute approximate surface area is 251 Å². The van der Waals surface area contributed by atoms with Gasteiger partial charge < -0.3 is 24.8 Å². The van der Waals surface area contributed by atoms with Crippen LogP contribution in [0.15, 0.2) is 23.3 Å². The fraction of sp³-hybridized carbons (Fsp3) is 0.457. The van der Waals surface area contributed by atoms with Crippen LogP contribution in [0.3, 0.4) is 0 Å². The van der Waals surface area contributed by atoms with Gasteiger partial charge in [0.1, 0.15) is 11.7 Å². The summed E-state index contributed by atoms with van der Waals surface area (Å²) >= 11 is 0. The first-order chi connectivity index (χ1) is 20.2. The molecule has 0 radical (unpaired) electrons. The number of terminal acetylenes is 1. The lowest BCUT2D eigenvalue weighted by Gasteiger charge is -2.52. The van der Waals surface area contributed by atoms with Crippen molar-refractivity contribution in [3.05, 3.63) is 23.3 Å². The third kappa shape index (κ3) is 4.82. The predicted octanol–water partition coefficient (Wildman–Crippen LogP) is 0.702. The number of aliphatic hydroxyl groups is 3. The largest absolute Gasteiger partial charge is 0.454 e. The Morgan fingerprint density at radius 2 is 1.60 bits per heavy atom. The fourth-order valence-corrected chi connectivity index (χ4v) is 7.54. The van der Waals surface area contributed by atoms with Gasteiger partial charge in [-0.3, -0.25) is 9.59 Å². The SMILES string of the molecule is C#CC#CC#CC#CC#CC#CC(=O)O[C@@H]1[C@@H](C)[C@@]2(O)[C@@H](C=C(CO)C[C@]3(O)C(=O)C(C)=C[C@@H]23)[C@H]2C(C)(C)[C@]12OC(C)=O. The van der Waals surface area contributed by atoms with Crippen molar-refractivity contribution in [1.82, 2.24) is 0 Å². The summed E-state index contributed by atoms with van der Waals surface area (Å²) in [7, 11) is 0. The van der Waals surface area contributed by atoms with Gasteiger partial charge in [0.25, 0.3) is 0 Å². The van der Waals surface area contributed by atoms with Crippen molar-refractivity contribution in [2.45, 2.75) is 63.9 Å². The maximum Gasteiger partial charge on any atom is 0.385 e. The molecule has 2 fully saturated rings. The zero-order valence-corrected chi connectivity index (χ0v) is 24.4. The molecular formula is C35H30O8. The lowest BCUT2D eigenvalue weighted by molar-refractivity contribution is -0.226. The lowest BCUT2D eigenvalue weighted by Crippen LogP contribution is -2.66. The normalized spacial score (nSPS) is 35.2. The van der Waals surface area contributed by atoms with Gasteiger partial charge >= 0.3 is 11.9 Å². The number of hydrogen-bond acceptors (Lipinski definition) is 8. The molecule has 0 aromatic carbocycles. The second kappa shape index (κ2) is 11.2. The standard InChI is InChI=1S/C35H30O8/c1-7-8-9-10-11-12-13-14-15-16-17-28(38)42-31-23(3)34(41)26(29-32(5,6)35(29,31)43-24(4)37)19-25(21-36)20-33(40)27(34)18-22(2)30(33)39/h1,18-19,23,26-27,29,31,36,40-41H,20-21H2,2-6H3/t23-,26+,27-,29+,31-,33-,34-,35-/m1/s1. The van der Waals surface area contributed by atoms with Crippen molar-refractivity contribution in [2.75, 3.05) is 6.61 Å². The average Bonchev–Trinajstić information content (AvgIpc) is 3.37. The van der Waals surface area contributed by atoms with Crippen LogP contribution in [-0.2, 0) is 23.9 Å². The number of Topliss-reactive ketones (excluding diaryl/α,β-unsaturated/α-hetero) is 1. The molecule has 8 heteroatoms. The summed E-state index contributed by atoms with van der Waals surface area (Å²) in [5, 5.41) is 34.5. The van der Waals surface area contributed by atoms with Gasteiger partial charge in [0, 0.05) is 48.4 Å². The highest BCUT2D eigenvalue weighted by molar-refractivity contribution is 6.04. The first-order valence-electron chi connectivity index (χ1n) is 13.6. The second-order valence-corrected chi connectivity index (χ2v) is 11.7. The van der Waals surface area contributed by atoms with E-state index in [1.54, 1.807) is 26.0 Å². The summed E-state index contributed by atoms with van der Waals surface area (Å²) in [6.45, 7) is 7.66. The van der Waals surface area contributed by atoms with Crippen LogP contribution in [0.5, 0.6) is 0 Å². The molecule has 8 nitrogen and oxygen atoms in total. The van der Waals surface area contributed by atoms with Crippen molar-refractivity contribution in [3.8, 4) is 71.5 Å². The molecule has 0 amide bonds. The number of hydrogen-bond donors (Lipinski definition) is 3. The molecular weight excluding hydrogens is 548 g/mol. The van der Waals surface area contributed by atoms with E-state index >= 15 is 0 Å². The number of ether oxygens (including phenoxy) is 2. The lowest BCUT2D eigenvalue weighted by atomic mass is 9.59. The molecule has 218 valence electrons. The number of fused-ring (bicyclic) bond motifs is 5. The van der Waals surface area contributed by atoms with Crippen LogP contribution in [0.25, 0.3) is 0 Å². The number of aliphatic hydroxyl groups excluding tert-OH is 1. The molecule has 0 spiro atoms. The van der Waals surface area contributed by atoms with Crippen LogP contribution in [0.4, 0.5) is 0 Å². The van der Waals surface area contributed by atoms with E-state index in [0.717, 1.165) is 0 Å². The molecule has 4 rings (SSSR count). The molecule has 0 saturated heterocycles. The van der Waals surface area contributed by atoms with E-state index in [1.807, 2.05) is 13.8 Å². The molecule has 0 bridgehead atoms. The third-order valence-electron chi connectivity index (χ3n) is 9.24. The van der Waals surface area contributed by atoms with Crippen molar-refractivity contribution in [2.24, 2.45) is 29.1 Å². The van der Waals surface area contributed by atoms with Crippen LogP contribution >= 0.6 is 0 Å². The van der Waals surface area contributed by atoms with Crippen molar-refractivity contribution >= 4 is 17.7 Å². The topological polar surface area (TPSA) is 130 Å². The minimum absolute atomic E-state index is 0.179. The summed E-state index contributed by atoms with van der Waals surface area (Å²) in [4.78, 5) is 38.6. The molecule has 0 heterocycles. The molecule has 0 aliphatic heterocycles. The molecule has 0 aromatic rings. The Kier molecular flexibility index (Phi) is 8.14. The van der Waals surface area contributed by atoms with Gasteiger partial charge in [-0.1, -0.05) is 32.9 Å². The summed E-state index contributed by atoms with van der Waals surface area (Å²) in [6, 6.07) is 0. The highest BCUT2D eigenvalue weighted by Crippen LogP contribution is 2.77. The summed E-state index contributed by atoms with van der Waals surface area (Å²) in [6.07, 6.45) is 6.83.